The van der Waals surface area contributed by atoms with E-state index < -0.39 is 29.2 Å². The highest BCUT2D eigenvalue weighted by Gasteiger charge is 2.39. The van der Waals surface area contributed by atoms with Crippen molar-refractivity contribution in [3.63, 3.8) is 0 Å². The Morgan fingerprint density at radius 1 is 1.03 bits per heavy atom. The summed E-state index contributed by atoms with van der Waals surface area (Å²) in [5.74, 6) is -0.700. The molecular weight excluding hydrogens is 835 g/mol. The van der Waals surface area contributed by atoms with Crippen molar-refractivity contribution in [3.05, 3.63) is 111 Å². The van der Waals surface area contributed by atoms with Gasteiger partial charge in [0, 0.05) is 66.3 Å². The van der Waals surface area contributed by atoms with Crippen LogP contribution in [0, 0.1) is 46.7 Å². The molecule has 2 aromatic carbocycles. The number of benzene rings is 2. The molecule has 2 amide bonds. The molecular formula is C50H52ClFN6O6. The van der Waals surface area contributed by atoms with E-state index in [1.54, 1.807) is 24.3 Å². The Bertz CT molecular complexity index is 2480. The van der Waals surface area contributed by atoms with Crippen LogP contribution in [0.25, 0.3) is 11.6 Å². The van der Waals surface area contributed by atoms with Crippen molar-refractivity contribution >= 4 is 52.4 Å². The number of rotatable bonds is 15. The fourth-order valence-corrected chi connectivity index (χ4v) is 10.3. The van der Waals surface area contributed by atoms with E-state index in [2.05, 4.69) is 32.6 Å². The molecule has 3 N–H and O–H groups in total. The predicted molar refractivity (Wildman–Crippen MR) is 239 cm³/mol. The number of hydrogen-bond acceptors (Lipinski definition) is 10. The van der Waals surface area contributed by atoms with Gasteiger partial charge in [-0.1, -0.05) is 23.8 Å². The Hall–Kier alpha value is -5.84. The number of nitrogens with two attached hydrogens (primary N) is 1. The summed E-state index contributed by atoms with van der Waals surface area (Å²) in [4.78, 5) is 65.8. The van der Waals surface area contributed by atoms with E-state index in [0.29, 0.717) is 57.7 Å². The van der Waals surface area contributed by atoms with Crippen molar-refractivity contribution in [2.24, 2.45) is 35.3 Å². The SMILES string of the molecule is CC(=O)CCC(CC1=CC(=O)c2cc(F)c(C3=CCC4CN(CC5CC(/C=C/c6ccc(C(=O)NC7CCC(Oc8ccc(C#N)c(Cl)c8)CC7)nn6)C5)CC4C3)cc2C1=O)C(N)=O. The van der Waals surface area contributed by atoms with E-state index in [0.717, 1.165) is 70.2 Å². The third kappa shape index (κ3) is 10.4. The molecule has 4 aliphatic carbocycles. The first-order chi connectivity index (χ1) is 30.8. The molecule has 0 radical (unpaired) electrons. The van der Waals surface area contributed by atoms with Crippen LogP contribution in [0.2, 0.25) is 5.02 Å². The standard InChI is InChI=1S/C50H52ClFN6O6/c1-28(59)2-4-32(49(54)62)19-35-20-47(60)42-23-45(52)41(22-43(42)48(35)61)31-5-6-34-26-58(27-36(34)18-31)25-30-16-29(17-30)3-8-38-11-15-46(57-56-38)50(63)55-37-9-13-39(14-10-37)64-40-12-7-33(24-53)44(51)21-40/h3,5,7-8,11-12,15,20-23,29-30,32,34,36-37,39H,2,4,6,9-10,13-14,16-19,25-27H2,1H3,(H2,54,62)(H,55,63)/b8-3+. The lowest BCUT2D eigenvalue weighted by molar-refractivity contribution is -0.122. The molecule has 3 fully saturated rings. The number of ether oxygens (including phenoxy) is 1. The molecule has 64 heavy (non-hydrogen) atoms. The Kier molecular flexibility index (Phi) is 13.6. The van der Waals surface area contributed by atoms with Crippen molar-refractivity contribution in [1.82, 2.24) is 20.4 Å². The molecule has 3 aromatic rings. The topological polar surface area (TPSA) is 185 Å². The fraction of sp³-hybridized carbons (Fsp3) is 0.440. The molecule has 3 unspecified atom stereocenters. The maximum absolute atomic E-state index is 15.6. The smallest absolute Gasteiger partial charge is 0.272 e. The predicted octanol–water partition coefficient (Wildman–Crippen LogP) is 7.89. The number of Topliss-reactive ketones (excluding diaryl/α,β-unsaturated/α-hetero) is 2. The van der Waals surface area contributed by atoms with Crippen LogP contribution >= 0.6 is 11.6 Å². The highest BCUT2D eigenvalue weighted by Crippen LogP contribution is 2.43. The van der Waals surface area contributed by atoms with Crippen molar-refractivity contribution in [1.29, 1.82) is 5.26 Å². The van der Waals surface area contributed by atoms with Gasteiger partial charge in [0.05, 0.1) is 22.4 Å². The summed E-state index contributed by atoms with van der Waals surface area (Å²) >= 11 is 6.14. The van der Waals surface area contributed by atoms with Crippen LogP contribution < -0.4 is 15.8 Å². The number of nitrogens with one attached hydrogen (secondary N) is 1. The highest BCUT2D eigenvalue weighted by molar-refractivity contribution is 6.31. The van der Waals surface area contributed by atoms with E-state index in [4.69, 9.17) is 27.3 Å². The number of ketones is 3. The molecule has 5 aliphatic rings. The molecule has 332 valence electrons. The number of primary amides is 1. The number of hydrogen-bond donors (Lipinski definition) is 2. The lowest BCUT2D eigenvalue weighted by Gasteiger charge is -2.36. The summed E-state index contributed by atoms with van der Waals surface area (Å²) in [5.41, 5.74) is 8.45. The zero-order chi connectivity index (χ0) is 45.1. The maximum atomic E-state index is 15.6. The number of allylic oxidation sites excluding steroid dienone is 5. The van der Waals surface area contributed by atoms with Gasteiger partial charge in [-0.3, -0.25) is 19.2 Å². The van der Waals surface area contributed by atoms with Crippen LogP contribution in [-0.2, 0) is 9.59 Å². The van der Waals surface area contributed by atoms with Crippen LogP contribution in [0.1, 0.15) is 126 Å². The van der Waals surface area contributed by atoms with E-state index in [1.807, 2.05) is 18.2 Å². The van der Waals surface area contributed by atoms with Crippen LogP contribution in [-0.4, -0.2) is 76.0 Å². The Morgan fingerprint density at radius 2 is 1.81 bits per heavy atom. The third-order valence-corrected chi connectivity index (χ3v) is 14.0. The van der Waals surface area contributed by atoms with Gasteiger partial charge in [0.2, 0.25) is 5.91 Å². The molecule has 1 aliphatic heterocycles. The number of nitriles is 1. The third-order valence-electron chi connectivity index (χ3n) is 13.7. The van der Waals surface area contributed by atoms with E-state index in [1.165, 1.54) is 25.1 Å². The summed E-state index contributed by atoms with van der Waals surface area (Å²) in [6, 6.07) is 13.3. The van der Waals surface area contributed by atoms with Crippen molar-refractivity contribution in [2.75, 3.05) is 19.6 Å². The number of aromatic nitrogens is 2. The lowest BCUT2D eigenvalue weighted by Crippen LogP contribution is -2.40. The zero-order valence-corrected chi connectivity index (χ0v) is 36.6. The maximum Gasteiger partial charge on any atom is 0.272 e. The summed E-state index contributed by atoms with van der Waals surface area (Å²) in [7, 11) is 0. The zero-order valence-electron chi connectivity index (χ0n) is 35.9. The van der Waals surface area contributed by atoms with Crippen LogP contribution in [0.15, 0.2) is 66.3 Å². The number of halogens is 2. The van der Waals surface area contributed by atoms with Gasteiger partial charge >= 0.3 is 0 Å². The Morgan fingerprint density at radius 3 is 2.52 bits per heavy atom. The summed E-state index contributed by atoms with van der Waals surface area (Å²) in [5, 5.41) is 21.0. The summed E-state index contributed by atoms with van der Waals surface area (Å²) < 4.78 is 21.7. The van der Waals surface area contributed by atoms with Crippen LogP contribution in [0.5, 0.6) is 5.75 Å². The van der Waals surface area contributed by atoms with Gasteiger partial charge in [0.25, 0.3) is 5.91 Å². The van der Waals surface area contributed by atoms with Crippen molar-refractivity contribution in [3.8, 4) is 11.8 Å². The van der Waals surface area contributed by atoms with Gasteiger partial charge in [-0.2, -0.15) is 10.4 Å². The second kappa shape index (κ2) is 19.5. The lowest BCUT2D eigenvalue weighted by atomic mass is 9.74. The molecule has 0 spiro atoms. The highest BCUT2D eigenvalue weighted by atomic mass is 35.5. The number of nitrogens with zero attached hydrogens (tertiary/aromatic N) is 4. The van der Waals surface area contributed by atoms with Gasteiger partial charge in [-0.05, 0) is 149 Å². The number of fused-ring (bicyclic) bond motifs is 2. The number of carbonyl (C=O) groups excluding carboxylic acids is 5. The number of amides is 2. The van der Waals surface area contributed by atoms with Gasteiger partial charge in [0.15, 0.2) is 17.3 Å². The first-order valence-corrected chi connectivity index (χ1v) is 22.7. The largest absolute Gasteiger partial charge is 0.490 e. The molecule has 3 atom stereocenters. The first kappa shape index (κ1) is 44.8. The minimum atomic E-state index is -0.768. The normalized spacial score (nSPS) is 24.7. The van der Waals surface area contributed by atoms with Crippen LogP contribution in [0.3, 0.4) is 0 Å². The molecule has 2 saturated carbocycles. The summed E-state index contributed by atoms with van der Waals surface area (Å²) in [6.45, 7) is 4.34. The van der Waals surface area contributed by atoms with Gasteiger partial charge < -0.3 is 25.5 Å². The molecule has 2 heterocycles. The van der Waals surface area contributed by atoms with E-state index in [-0.39, 0.29) is 65.5 Å². The Balaban J connectivity index is 0.766. The molecule has 8 rings (SSSR count). The fourth-order valence-electron chi connectivity index (χ4n) is 10.1. The Labute approximate surface area is 377 Å². The van der Waals surface area contributed by atoms with Crippen LogP contribution in [0.4, 0.5) is 4.39 Å². The second-order valence-corrected chi connectivity index (χ2v) is 18.7. The summed E-state index contributed by atoms with van der Waals surface area (Å²) in [6.07, 6.45) is 14.5. The minimum Gasteiger partial charge on any atom is -0.490 e. The van der Waals surface area contributed by atoms with Crippen molar-refractivity contribution in [2.45, 2.75) is 89.7 Å². The second-order valence-electron chi connectivity index (χ2n) is 18.3. The molecule has 14 heteroatoms. The minimum absolute atomic E-state index is 0.0101. The van der Waals surface area contributed by atoms with Gasteiger partial charge in [-0.15, -0.1) is 5.10 Å². The van der Waals surface area contributed by atoms with Gasteiger partial charge in [-0.25, -0.2) is 4.39 Å². The molecule has 12 nitrogen and oxygen atoms in total. The van der Waals surface area contributed by atoms with Crippen molar-refractivity contribution < 1.29 is 33.1 Å². The monoisotopic (exact) mass is 886 g/mol. The molecule has 0 bridgehead atoms. The quantitative estimate of drug-likeness (QED) is 0.152. The van der Waals surface area contributed by atoms with Gasteiger partial charge in [0.1, 0.15) is 23.4 Å². The number of carbonyl (C=O) groups is 5. The molecule has 1 aromatic heterocycles. The first-order valence-electron chi connectivity index (χ1n) is 22.3. The average Bonchev–Trinajstić information content (AvgIpc) is 3.67. The molecule has 1 saturated heterocycles. The van der Waals surface area contributed by atoms with E-state index >= 15 is 4.39 Å². The van der Waals surface area contributed by atoms with E-state index in [9.17, 15) is 24.0 Å². The number of likely N-dealkylation sites (tertiary alicyclic amines) is 1. The average molecular weight is 887 g/mol.